The Labute approximate surface area is 262 Å². The molecule has 2 aliphatic heterocycles. The van der Waals surface area contributed by atoms with E-state index in [4.69, 9.17) is 10.7 Å². The van der Waals surface area contributed by atoms with Crippen molar-refractivity contribution in [1.82, 2.24) is 25.1 Å². The van der Waals surface area contributed by atoms with Gasteiger partial charge in [-0.3, -0.25) is 14.4 Å². The highest BCUT2D eigenvalue weighted by Gasteiger charge is 2.32. The maximum absolute atomic E-state index is 14.8. The summed E-state index contributed by atoms with van der Waals surface area (Å²) in [5, 5.41) is 6.17. The highest BCUT2D eigenvalue weighted by molar-refractivity contribution is 5.98. The number of hydrogen-bond donors (Lipinski definition) is 3. The molecule has 6 rings (SSSR count). The molecule has 3 heterocycles. The Kier molecular flexibility index (Phi) is 8.66. The number of nitrogens with one attached hydrogen (secondary N) is 2. The van der Waals surface area contributed by atoms with Crippen molar-refractivity contribution < 1.29 is 18.8 Å². The van der Waals surface area contributed by atoms with Crippen LogP contribution in [0.2, 0.25) is 0 Å². The Morgan fingerprint density at radius 2 is 1.78 bits per heavy atom. The van der Waals surface area contributed by atoms with Gasteiger partial charge in [0.2, 0.25) is 0 Å². The van der Waals surface area contributed by atoms with Crippen LogP contribution in [0.4, 0.5) is 21.7 Å². The first-order valence-electron chi connectivity index (χ1n) is 15.6. The van der Waals surface area contributed by atoms with Crippen molar-refractivity contribution in [3.63, 3.8) is 0 Å². The van der Waals surface area contributed by atoms with Crippen molar-refractivity contribution in [1.29, 1.82) is 0 Å². The number of primary amides is 1. The number of rotatable bonds is 8. The van der Waals surface area contributed by atoms with Crippen molar-refractivity contribution in [3.05, 3.63) is 76.9 Å². The number of nitrogens with zero attached hydrogens (tertiary/aromatic N) is 5. The number of amides is 3. The largest absolute Gasteiger partial charge is 0.364 e. The lowest BCUT2D eigenvalue weighted by atomic mass is 9.96. The van der Waals surface area contributed by atoms with E-state index in [0.29, 0.717) is 42.6 Å². The van der Waals surface area contributed by atoms with Crippen LogP contribution >= 0.6 is 0 Å². The standard InChI is InChI=1S/C33H39FN8O3/c1-20-27(38-32(44)25-11-10-22(18-26(25)34)21-8-9-21)7-4-12-42(20)28-19-36-29(30(35)43)31(39-28)37-24-6-3-5-23(17-24)33(45)41-15-13-40(2)14-16-41/h3,5-6,10-11,17-21,27H,4,7-9,12-16H2,1-2H3,(H2,35,43)(H,37,39)(H,38,44)/t20-,27-/m1/s1. The average molecular weight is 615 g/mol. The minimum atomic E-state index is -0.743. The van der Waals surface area contributed by atoms with E-state index in [1.165, 1.54) is 12.3 Å². The van der Waals surface area contributed by atoms with Gasteiger partial charge in [-0.1, -0.05) is 12.1 Å². The number of benzene rings is 2. The molecule has 1 aromatic heterocycles. The van der Waals surface area contributed by atoms with Crippen molar-refractivity contribution in [3.8, 4) is 0 Å². The zero-order chi connectivity index (χ0) is 31.7. The van der Waals surface area contributed by atoms with Crippen LogP contribution in [0.1, 0.15) is 75.3 Å². The Morgan fingerprint density at radius 1 is 1.00 bits per heavy atom. The fourth-order valence-corrected chi connectivity index (χ4v) is 6.14. The van der Waals surface area contributed by atoms with E-state index in [1.54, 1.807) is 30.3 Å². The van der Waals surface area contributed by atoms with Crippen molar-refractivity contribution in [2.45, 2.75) is 50.6 Å². The summed E-state index contributed by atoms with van der Waals surface area (Å²) in [5.74, 6) is -0.687. The number of hydrogen-bond acceptors (Lipinski definition) is 8. The highest BCUT2D eigenvalue weighted by Crippen LogP contribution is 2.40. The minimum Gasteiger partial charge on any atom is -0.364 e. The molecule has 0 bridgehead atoms. The average Bonchev–Trinajstić information content (AvgIpc) is 3.88. The van der Waals surface area contributed by atoms with Crippen LogP contribution in [0.5, 0.6) is 0 Å². The monoisotopic (exact) mass is 614 g/mol. The van der Waals surface area contributed by atoms with Crippen molar-refractivity contribution in [2.24, 2.45) is 5.73 Å². The number of piperazine rings is 1. The number of nitrogens with two attached hydrogens (primary N) is 1. The molecule has 3 aromatic rings. The van der Waals surface area contributed by atoms with Gasteiger partial charge in [0, 0.05) is 56.1 Å². The SMILES string of the molecule is C[C@@H]1[C@H](NC(=O)c2ccc(C3CC3)cc2F)CCCN1c1cnc(C(N)=O)c(Nc2cccc(C(=O)N3CCN(C)CC3)c2)n1. The summed E-state index contributed by atoms with van der Waals surface area (Å²) in [6.45, 7) is 5.57. The van der Waals surface area contributed by atoms with Gasteiger partial charge in [0.1, 0.15) is 11.6 Å². The number of aromatic nitrogens is 2. The zero-order valence-electron chi connectivity index (χ0n) is 25.6. The fraction of sp³-hybridized carbons (Fsp3) is 0.424. The highest BCUT2D eigenvalue weighted by atomic mass is 19.1. The third-order valence-electron chi connectivity index (χ3n) is 9.04. The molecule has 3 aliphatic rings. The van der Waals surface area contributed by atoms with E-state index in [2.05, 4.69) is 20.5 Å². The number of carbonyl (C=O) groups is 3. The Hall–Kier alpha value is -4.58. The molecular formula is C33H39FN8O3. The van der Waals surface area contributed by atoms with E-state index in [0.717, 1.165) is 44.3 Å². The van der Waals surface area contributed by atoms with Crippen LogP contribution in [0.25, 0.3) is 0 Å². The van der Waals surface area contributed by atoms with Gasteiger partial charge in [0.15, 0.2) is 11.5 Å². The summed E-state index contributed by atoms with van der Waals surface area (Å²) in [4.78, 5) is 53.7. The van der Waals surface area contributed by atoms with Gasteiger partial charge in [-0.15, -0.1) is 0 Å². The Morgan fingerprint density at radius 3 is 2.49 bits per heavy atom. The van der Waals surface area contributed by atoms with Gasteiger partial charge >= 0.3 is 0 Å². The molecule has 2 saturated heterocycles. The van der Waals surface area contributed by atoms with Crippen LogP contribution in [0.3, 0.4) is 0 Å². The summed E-state index contributed by atoms with van der Waals surface area (Å²) in [5.41, 5.74) is 7.68. The maximum atomic E-state index is 14.8. The second kappa shape index (κ2) is 12.8. The van der Waals surface area contributed by atoms with E-state index in [9.17, 15) is 18.8 Å². The van der Waals surface area contributed by atoms with Crippen LogP contribution < -0.4 is 21.3 Å². The van der Waals surface area contributed by atoms with E-state index in [-0.39, 0.29) is 35.1 Å². The number of halogens is 1. The molecule has 3 amide bonds. The summed E-state index contributed by atoms with van der Waals surface area (Å²) in [7, 11) is 2.04. The minimum absolute atomic E-state index is 0.0332. The van der Waals surface area contributed by atoms with Crippen molar-refractivity contribution >= 4 is 35.0 Å². The smallest absolute Gasteiger partial charge is 0.271 e. The van der Waals surface area contributed by atoms with E-state index < -0.39 is 17.6 Å². The molecule has 0 spiro atoms. The van der Waals surface area contributed by atoms with Gasteiger partial charge in [-0.2, -0.15) is 0 Å². The third-order valence-corrected chi connectivity index (χ3v) is 9.04. The third kappa shape index (κ3) is 6.75. The maximum Gasteiger partial charge on any atom is 0.271 e. The van der Waals surface area contributed by atoms with Crippen LogP contribution in [-0.2, 0) is 0 Å². The number of anilines is 3. The molecule has 0 radical (unpaired) electrons. The lowest BCUT2D eigenvalue weighted by Gasteiger charge is -2.40. The normalized spacial score (nSPS) is 20.5. The molecule has 45 heavy (non-hydrogen) atoms. The second-order valence-electron chi connectivity index (χ2n) is 12.3. The topological polar surface area (TPSA) is 137 Å². The van der Waals surface area contributed by atoms with Gasteiger partial charge in [0.25, 0.3) is 17.7 Å². The molecule has 11 nitrogen and oxygen atoms in total. The first-order valence-corrected chi connectivity index (χ1v) is 15.6. The Bertz CT molecular complexity index is 1600. The molecule has 0 unspecified atom stereocenters. The fourth-order valence-electron chi connectivity index (χ4n) is 6.14. The summed E-state index contributed by atoms with van der Waals surface area (Å²) in [6, 6.07) is 11.5. The van der Waals surface area contributed by atoms with Crippen LogP contribution in [0, 0.1) is 5.82 Å². The first kappa shape index (κ1) is 30.4. The van der Waals surface area contributed by atoms with E-state index in [1.807, 2.05) is 29.8 Å². The predicted molar refractivity (Wildman–Crippen MR) is 169 cm³/mol. The van der Waals surface area contributed by atoms with Gasteiger partial charge in [-0.25, -0.2) is 14.4 Å². The van der Waals surface area contributed by atoms with Crippen LogP contribution in [-0.4, -0.2) is 89.3 Å². The van der Waals surface area contributed by atoms with Gasteiger partial charge in [0.05, 0.1) is 11.8 Å². The zero-order valence-corrected chi connectivity index (χ0v) is 25.6. The molecule has 2 atom stereocenters. The van der Waals surface area contributed by atoms with E-state index >= 15 is 0 Å². The molecule has 1 aliphatic carbocycles. The van der Waals surface area contributed by atoms with Crippen molar-refractivity contribution in [2.75, 3.05) is 50.0 Å². The van der Waals surface area contributed by atoms with Gasteiger partial charge < -0.3 is 31.1 Å². The molecule has 4 N–H and O–H groups in total. The molecule has 12 heteroatoms. The lowest BCUT2D eigenvalue weighted by Crippen LogP contribution is -2.54. The quantitative estimate of drug-likeness (QED) is 0.351. The number of likely N-dealkylation sites (N-methyl/N-ethyl adjacent to an activating group) is 1. The second-order valence-corrected chi connectivity index (χ2v) is 12.3. The Balaban J connectivity index is 1.18. The number of piperidine rings is 1. The molecule has 3 fully saturated rings. The number of carbonyl (C=O) groups excluding carboxylic acids is 3. The molecule has 1 saturated carbocycles. The predicted octanol–water partition coefficient (Wildman–Crippen LogP) is 3.51. The lowest BCUT2D eigenvalue weighted by molar-refractivity contribution is 0.0663. The van der Waals surface area contributed by atoms with Crippen LogP contribution in [0.15, 0.2) is 48.7 Å². The first-order chi connectivity index (χ1) is 21.7. The van der Waals surface area contributed by atoms with Gasteiger partial charge in [-0.05, 0) is 81.5 Å². The molecule has 236 valence electrons. The summed E-state index contributed by atoms with van der Waals surface area (Å²) >= 11 is 0. The molecular weight excluding hydrogens is 575 g/mol. The summed E-state index contributed by atoms with van der Waals surface area (Å²) in [6.07, 6.45) is 5.09. The molecule has 2 aromatic carbocycles. The summed E-state index contributed by atoms with van der Waals surface area (Å²) < 4.78 is 14.8.